The molecule has 2 unspecified atom stereocenters. The van der Waals surface area contributed by atoms with Gasteiger partial charge in [-0.1, -0.05) is 38.1 Å². The van der Waals surface area contributed by atoms with Gasteiger partial charge in [-0.25, -0.2) is 18.1 Å². The van der Waals surface area contributed by atoms with Crippen molar-refractivity contribution < 1.29 is 13.2 Å². The van der Waals surface area contributed by atoms with Crippen LogP contribution < -0.4 is 15.8 Å². The maximum absolute atomic E-state index is 12.4. The van der Waals surface area contributed by atoms with E-state index in [9.17, 15) is 8.42 Å². The standard InChI is InChI=1S/C23H32N4O3S.HI/c1-3-17(2)19-8-10-20(11-9-19)27-23(24)25-15-18-6-12-22(13-7-18)31(28,29)26-16-21-5-4-14-30-21;/h6-13,17,21,26H,3-5,14-16H2,1-2H3,(H3,24,25,27);1H. The molecule has 1 aliphatic rings. The average molecular weight is 573 g/mol. The van der Waals surface area contributed by atoms with Gasteiger partial charge in [-0.05, 0) is 60.6 Å². The first-order valence-corrected chi connectivity index (χ1v) is 12.2. The van der Waals surface area contributed by atoms with Gasteiger partial charge in [0.25, 0.3) is 0 Å². The van der Waals surface area contributed by atoms with Crippen LogP contribution in [0.1, 0.15) is 50.2 Å². The highest BCUT2D eigenvalue weighted by atomic mass is 127. The number of hydrogen-bond donors (Lipinski definition) is 3. The molecule has 0 bridgehead atoms. The number of halogens is 1. The first-order chi connectivity index (χ1) is 14.9. The Morgan fingerprint density at radius 3 is 2.47 bits per heavy atom. The topological polar surface area (TPSA) is 106 Å². The van der Waals surface area contributed by atoms with E-state index in [4.69, 9.17) is 10.5 Å². The minimum absolute atomic E-state index is 0. The third-order valence-corrected chi connectivity index (χ3v) is 6.99. The number of sulfonamides is 1. The van der Waals surface area contributed by atoms with E-state index >= 15 is 0 Å². The highest BCUT2D eigenvalue weighted by Gasteiger charge is 2.20. The molecule has 9 heteroatoms. The summed E-state index contributed by atoms with van der Waals surface area (Å²) in [5.74, 6) is 0.837. The zero-order valence-electron chi connectivity index (χ0n) is 18.6. The van der Waals surface area contributed by atoms with E-state index in [2.05, 4.69) is 41.0 Å². The average Bonchev–Trinajstić information content (AvgIpc) is 3.30. The van der Waals surface area contributed by atoms with Crippen LogP contribution in [0.25, 0.3) is 0 Å². The van der Waals surface area contributed by atoms with Gasteiger partial charge in [-0.2, -0.15) is 0 Å². The van der Waals surface area contributed by atoms with Crippen LogP contribution >= 0.6 is 24.0 Å². The largest absolute Gasteiger partial charge is 0.377 e. The molecule has 0 saturated carbocycles. The second-order valence-corrected chi connectivity index (χ2v) is 9.66. The van der Waals surface area contributed by atoms with Gasteiger partial charge in [-0.3, -0.25) is 0 Å². The molecule has 1 aliphatic heterocycles. The van der Waals surface area contributed by atoms with Gasteiger partial charge in [0.2, 0.25) is 10.0 Å². The van der Waals surface area contributed by atoms with Crippen LogP contribution in [-0.4, -0.2) is 33.6 Å². The van der Waals surface area contributed by atoms with Crippen molar-refractivity contribution in [3.05, 3.63) is 59.7 Å². The van der Waals surface area contributed by atoms with Gasteiger partial charge >= 0.3 is 0 Å². The fourth-order valence-corrected chi connectivity index (χ4v) is 4.43. The summed E-state index contributed by atoms with van der Waals surface area (Å²) in [5.41, 5.74) is 9.04. The lowest BCUT2D eigenvalue weighted by molar-refractivity contribution is 0.114. The van der Waals surface area contributed by atoms with E-state index in [0.717, 1.165) is 30.5 Å². The van der Waals surface area contributed by atoms with Crippen LogP contribution in [0.2, 0.25) is 0 Å². The SMILES string of the molecule is CCC(C)c1ccc(NC(N)=NCc2ccc(S(=O)(=O)NCC3CCCO3)cc2)cc1.I. The molecule has 2 atom stereocenters. The number of nitrogens with zero attached hydrogens (tertiary/aromatic N) is 1. The Labute approximate surface area is 208 Å². The van der Waals surface area contributed by atoms with Crippen molar-refractivity contribution in [2.24, 2.45) is 10.7 Å². The summed E-state index contributed by atoms with van der Waals surface area (Å²) in [7, 11) is -3.55. The number of hydrogen-bond acceptors (Lipinski definition) is 4. The third-order valence-electron chi connectivity index (χ3n) is 5.56. The zero-order chi connectivity index (χ0) is 22.3. The van der Waals surface area contributed by atoms with Crippen LogP contribution in [0, 0.1) is 0 Å². The molecule has 0 aromatic heterocycles. The monoisotopic (exact) mass is 572 g/mol. The molecule has 0 amide bonds. The minimum atomic E-state index is -3.55. The number of benzene rings is 2. The van der Waals surface area contributed by atoms with Gasteiger partial charge < -0.3 is 15.8 Å². The molecule has 1 heterocycles. The Bertz CT molecular complexity index is 973. The predicted molar refractivity (Wildman–Crippen MR) is 140 cm³/mol. The third kappa shape index (κ3) is 7.72. The lowest BCUT2D eigenvalue weighted by atomic mass is 9.99. The number of ether oxygens (including phenoxy) is 1. The normalized spacial score (nSPS) is 17.6. The van der Waals surface area contributed by atoms with Crippen molar-refractivity contribution in [1.29, 1.82) is 0 Å². The zero-order valence-corrected chi connectivity index (χ0v) is 21.7. The summed E-state index contributed by atoms with van der Waals surface area (Å²) in [6.45, 7) is 5.73. The number of guanidine groups is 1. The quantitative estimate of drug-likeness (QED) is 0.237. The minimum Gasteiger partial charge on any atom is -0.377 e. The summed E-state index contributed by atoms with van der Waals surface area (Å²) in [4.78, 5) is 4.57. The smallest absolute Gasteiger partial charge is 0.240 e. The summed E-state index contributed by atoms with van der Waals surface area (Å²) >= 11 is 0. The van der Waals surface area contributed by atoms with Gasteiger partial charge in [0, 0.05) is 18.8 Å². The first kappa shape index (κ1) is 26.6. The maximum Gasteiger partial charge on any atom is 0.240 e. The molecular formula is C23H33IN4O3S. The second kappa shape index (κ2) is 12.5. The van der Waals surface area contributed by atoms with Crippen molar-refractivity contribution in [3.8, 4) is 0 Å². The first-order valence-electron chi connectivity index (χ1n) is 10.7. The Morgan fingerprint density at radius 2 is 1.88 bits per heavy atom. The molecule has 7 nitrogen and oxygen atoms in total. The van der Waals surface area contributed by atoms with E-state index in [1.165, 1.54) is 5.56 Å². The van der Waals surface area contributed by atoms with Gasteiger partial charge in [0.15, 0.2) is 5.96 Å². The Hall–Kier alpha value is -1.69. The molecular weight excluding hydrogens is 539 g/mol. The van der Waals surface area contributed by atoms with E-state index in [1.54, 1.807) is 24.3 Å². The Kier molecular flexibility index (Phi) is 10.4. The molecule has 176 valence electrons. The number of nitrogens with two attached hydrogens (primary N) is 1. The van der Waals surface area contributed by atoms with Crippen molar-refractivity contribution in [2.45, 2.75) is 56.6 Å². The molecule has 32 heavy (non-hydrogen) atoms. The second-order valence-electron chi connectivity index (χ2n) is 7.89. The van der Waals surface area contributed by atoms with Crippen molar-refractivity contribution in [3.63, 3.8) is 0 Å². The molecule has 4 N–H and O–H groups in total. The van der Waals surface area contributed by atoms with E-state index in [0.29, 0.717) is 31.6 Å². The van der Waals surface area contributed by atoms with Gasteiger partial charge in [-0.15, -0.1) is 24.0 Å². The lowest BCUT2D eigenvalue weighted by Gasteiger charge is -2.12. The summed E-state index contributed by atoms with van der Waals surface area (Å²) in [6, 6.07) is 14.8. The highest BCUT2D eigenvalue weighted by Crippen LogP contribution is 2.20. The van der Waals surface area contributed by atoms with Crippen LogP contribution in [-0.2, 0) is 21.3 Å². The van der Waals surface area contributed by atoms with Crippen molar-refractivity contribution in [1.82, 2.24) is 4.72 Å². The predicted octanol–water partition coefficient (Wildman–Crippen LogP) is 4.20. The molecule has 3 rings (SSSR count). The summed E-state index contributed by atoms with van der Waals surface area (Å²) in [6.07, 6.45) is 2.92. The van der Waals surface area contributed by atoms with E-state index < -0.39 is 10.0 Å². The van der Waals surface area contributed by atoms with Crippen molar-refractivity contribution >= 4 is 45.6 Å². The van der Waals surface area contributed by atoms with Crippen LogP contribution in [0.15, 0.2) is 58.4 Å². The molecule has 1 fully saturated rings. The fourth-order valence-electron chi connectivity index (χ4n) is 3.36. The molecule has 0 spiro atoms. The summed E-state index contributed by atoms with van der Waals surface area (Å²) < 4.78 is 32.9. The van der Waals surface area contributed by atoms with E-state index in [-0.39, 0.29) is 35.0 Å². The molecule has 1 saturated heterocycles. The van der Waals surface area contributed by atoms with E-state index in [1.807, 2.05) is 12.1 Å². The number of nitrogens with one attached hydrogen (secondary N) is 2. The molecule has 2 aromatic carbocycles. The van der Waals surface area contributed by atoms with Crippen molar-refractivity contribution in [2.75, 3.05) is 18.5 Å². The lowest BCUT2D eigenvalue weighted by Crippen LogP contribution is -2.31. The maximum atomic E-state index is 12.4. The van der Waals surface area contributed by atoms with Crippen LogP contribution in [0.3, 0.4) is 0 Å². The van der Waals surface area contributed by atoms with Gasteiger partial charge in [0.05, 0.1) is 17.5 Å². The Morgan fingerprint density at radius 1 is 1.19 bits per heavy atom. The van der Waals surface area contributed by atoms with Crippen LogP contribution in [0.5, 0.6) is 0 Å². The summed E-state index contributed by atoms with van der Waals surface area (Å²) in [5, 5.41) is 3.09. The molecule has 0 aliphatic carbocycles. The van der Waals surface area contributed by atoms with Gasteiger partial charge in [0.1, 0.15) is 0 Å². The number of aliphatic imine (C=N–C) groups is 1. The fraction of sp³-hybridized carbons (Fsp3) is 0.435. The highest BCUT2D eigenvalue weighted by molar-refractivity contribution is 14.0. The number of anilines is 1. The van der Waals surface area contributed by atoms with Crippen LogP contribution in [0.4, 0.5) is 5.69 Å². The molecule has 0 radical (unpaired) electrons. The Balaban J connectivity index is 0.00000363. The molecule has 2 aromatic rings. The number of rotatable bonds is 9.